The van der Waals surface area contributed by atoms with Crippen molar-refractivity contribution in [3.8, 4) is 34.0 Å². The van der Waals surface area contributed by atoms with Crippen LogP contribution < -0.4 is 16.1 Å². The van der Waals surface area contributed by atoms with E-state index in [1.165, 1.54) is 0 Å². The molecule has 1 aliphatic heterocycles. The molecule has 5 aromatic rings. The van der Waals surface area contributed by atoms with Crippen LogP contribution in [-0.2, 0) is 19.3 Å². The van der Waals surface area contributed by atoms with Gasteiger partial charge in [0.1, 0.15) is 17.7 Å². The molecule has 0 fully saturated rings. The Kier molecular flexibility index (Phi) is 8.08. The number of fused-ring (bicyclic) bond motifs is 1. The van der Waals surface area contributed by atoms with Gasteiger partial charge in [0.15, 0.2) is 5.82 Å². The normalized spacial score (nSPS) is 13.9. The number of ether oxygens (including phenoxy) is 1. The number of nitrogens with zero attached hydrogens (tertiary/aromatic N) is 3. The maximum Gasteiger partial charge on any atom is 0.439 e. The summed E-state index contributed by atoms with van der Waals surface area (Å²) in [5, 5.41) is 3.85. The maximum atomic E-state index is 14.0. The third kappa shape index (κ3) is 5.54. The van der Waals surface area contributed by atoms with Crippen molar-refractivity contribution in [3.05, 3.63) is 116 Å². The molecule has 0 aliphatic carbocycles. The van der Waals surface area contributed by atoms with E-state index in [-0.39, 0.29) is 28.6 Å². The minimum atomic E-state index is -0.594. The molecule has 0 bridgehead atoms. The molecule has 3 aromatic carbocycles. The quantitative estimate of drug-likeness (QED) is 0.241. The fourth-order valence-electron chi connectivity index (χ4n) is 5.48. The lowest BCUT2D eigenvalue weighted by molar-refractivity contribution is 0.254. The summed E-state index contributed by atoms with van der Waals surface area (Å²) >= 11 is 0. The SMILES string of the molecule is Br.CCCc1nc(C)n(-c2ccc3c(c2)CC(C)O3)c(=O)c1Cc1ccc(-c2ccccc2-c2noc(=O)[nH]2)cc1. The number of hydrogen-bond acceptors (Lipinski definition) is 6. The standard InChI is InChI=1S/C32H30N4O4.BrH/c1-4-7-28-27(31(37)36(20(3)33-28)24-14-15-29-23(18-24)16-19(2)39-29)17-21-10-12-22(13-11-21)25-8-5-6-9-26(25)30-34-32(38)40-35-30;/h5-6,8-15,18-19H,4,7,16-17H2,1-3H3,(H,34,35,38);1H. The second kappa shape index (κ2) is 11.7. The summed E-state index contributed by atoms with van der Waals surface area (Å²) < 4.78 is 12.3. The number of aromatic nitrogens is 4. The van der Waals surface area contributed by atoms with Gasteiger partial charge in [-0.1, -0.05) is 67.0 Å². The van der Waals surface area contributed by atoms with Crippen molar-refractivity contribution < 1.29 is 9.26 Å². The van der Waals surface area contributed by atoms with Crippen molar-refractivity contribution in [2.45, 2.75) is 52.6 Å². The van der Waals surface area contributed by atoms with Crippen LogP contribution in [0.4, 0.5) is 0 Å². The molecular formula is C32H31BrN4O4. The summed E-state index contributed by atoms with van der Waals surface area (Å²) in [7, 11) is 0. The number of aromatic amines is 1. The lowest BCUT2D eigenvalue weighted by atomic mass is 9.96. The van der Waals surface area contributed by atoms with E-state index < -0.39 is 5.76 Å². The van der Waals surface area contributed by atoms with Crippen molar-refractivity contribution >= 4 is 17.0 Å². The van der Waals surface area contributed by atoms with Gasteiger partial charge in [-0.05, 0) is 60.7 Å². The highest BCUT2D eigenvalue weighted by Gasteiger charge is 2.22. The number of rotatable bonds is 7. The van der Waals surface area contributed by atoms with Crippen molar-refractivity contribution in [1.29, 1.82) is 0 Å². The van der Waals surface area contributed by atoms with E-state index in [0.29, 0.717) is 23.6 Å². The molecule has 0 saturated heterocycles. The summed E-state index contributed by atoms with van der Waals surface area (Å²) in [5.74, 6) is 1.35. The lowest BCUT2D eigenvalue weighted by Crippen LogP contribution is -2.28. The first-order valence-corrected chi connectivity index (χ1v) is 13.6. The first-order chi connectivity index (χ1) is 19.4. The summed E-state index contributed by atoms with van der Waals surface area (Å²) in [5.41, 5.74) is 7.12. The largest absolute Gasteiger partial charge is 0.490 e. The van der Waals surface area contributed by atoms with E-state index in [1.54, 1.807) is 4.57 Å². The second-order valence-electron chi connectivity index (χ2n) is 10.3. The number of hydrogen-bond donors (Lipinski definition) is 1. The molecule has 0 amide bonds. The van der Waals surface area contributed by atoms with Gasteiger partial charge in [-0.25, -0.2) is 9.78 Å². The molecule has 2 aromatic heterocycles. The maximum absolute atomic E-state index is 14.0. The highest BCUT2D eigenvalue weighted by molar-refractivity contribution is 8.93. The molecule has 0 spiro atoms. The number of nitrogens with one attached hydrogen (secondary N) is 1. The topological polar surface area (TPSA) is 103 Å². The lowest BCUT2D eigenvalue weighted by Gasteiger charge is -2.16. The molecule has 0 saturated carbocycles. The molecule has 1 aliphatic rings. The van der Waals surface area contributed by atoms with Crippen LogP contribution >= 0.6 is 17.0 Å². The van der Waals surface area contributed by atoms with Crippen LogP contribution in [-0.4, -0.2) is 25.8 Å². The molecule has 1 unspecified atom stereocenters. The Morgan fingerprint density at radius 2 is 1.78 bits per heavy atom. The second-order valence-corrected chi connectivity index (χ2v) is 10.3. The number of aryl methyl sites for hydroxylation is 2. The predicted molar refractivity (Wildman–Crippen MR) is 163 cm³/mol. The van der Waals surface area contributed by atoms with Gasteiger partial charge in [-0.2, -0.15) is 0 Å². The van der Waals surface area contributed by atoms with Gasteiger partial charge >= 0.3 is 5.76 Å². The first-order valence-electron chi connectivity index (χ1n) is 13.6. The summed E-state index contributed by atoms with van der Waals surface area (Å²) in [6, 6.07) is 21.7. The van der Waals surface area contributed by atoms with E-state index in [9.17, 15) is 9.59 Å². The van der Waals surface area contributed by atoms with Gasteiger partial charge in [0.05, 0.1) is 11.4 Å². The number of H-pyrrole nitrogens is 1. The van der Waals surface area contributed by atoms with Gasteiger partial charge < -0.3 is 4.74 Å². The molecule has 6 rings (SSSR count). The molecule has 0 radical (unpaired) electrons. The van der Waals surface area contributed by atoms with Crippen molar-refractivity contribution in [1.82, 2.24) is 19.7 Å². The van der Waals surface area contributed by atoms with Crippen molar-refractivity contribution in [3.63, 3.8) is 0 Å². The third-order valence-electron chi connectivity index (χ3n) is 7.32. The Morgan fingerprint density at radius 3 is 2.49 bits per heavy atom. The van der Waals surface area contributed by atoms with Crippen LogP contribution in [0.5, 0.6) is 5.75 Å². The van der Waals surface area contributed by atoms with E-state index in [4.69, 9.17) is 14.2 Å². The number of halogens is 1. The minimum absolute atomic E-state index is 0. The van der Waals surface area contributed by atoms with E-state index in [2.05, 4.69) is 24.0 Å². The Labute approximate surface area is 247 Å². The monoisotopic (exact) mass is 614 g/mol. The highest BCUT2D eigenvalue weighted by atomic mass is 79.9. The van der Waals surface area contributed by atoms with Crippen molar-refractivity contribution in [2.75, 3.05) is 0 Å². The smallest absolute Gasteiger partial charge is 0.439 e. The average molecular weight is 616 g/mol. The van der Waals surface area contributed by atoms with E-state index in [0.717, 1.165) is 64.2 Å². The number of benzene rings is 3. The fraction of sp³-hybridized carbons (Fsp3) is 0.250. The van der Waals surface area contributed by atoms with Crippen LogP contribution in [0, 0.1) is 6.92 Å². The molecule has 1 atom stereocenters. The Balaban J connectivity index is 0.00000337. The van der Waals surface area contributed by atoms with Crippen LogP contribution in [0.2, 0.25) is 0 Å². The molecular weight excluding hydrogens is 584 g/mol. The Morgan fingerprint density at radius 1 is 1.02 bits per heavy atom. The Hall–Kier alpha value is -4.24. The zero-order valence-electron chi connectivity index (χ0n) is 23.1. The Bertz CT molecular complexity index is 1820. The predicted octanol–water partition coefficient (Wildman–Crippen LogP) is 6.00. The zero-order chi connectivity index (χ0) is 27.8. The van der Waals surface area contributed by atoms with Crippen molar-refractivity contribution in [2.24, 2.45) is 0 Å². The van der Waals surface area contributed by atoms with Crippen LogP contribution in [0.25, 0.3) is 28.2 Å². The molecule has 41 heavy (non-hydrogen) atoms. The van der Waals surface area contributed by atoms with Crippen LogP contribution in [0.3, 0.4) is 0 Å². The van der Waals surface area contributed by atoms with E-state index >= 15 is 0 Å². The third-order valence-corrected chi connectivity index (χ3v) is 7.32. The van der Waals surface area contributed by atoms with Gasteiger partial charge in [0, 0.05) is 24.0 Å². The summed E-state index contributed by atoms with van der Waals surface area (Å²) in [6.07, 6.45) is 3.08. The molecule has 1 N–H and O–H groups in total. The first kappa shape index (κ1) is 28.3. The molecule has 8 nitrogen and oxygen atoms in total. The molecule has 3 heterocycles. The van der Waals surface area contributed by atoms with Gasteiger partial charge in [-0.15, -0.1) is 17.0 Å². The van der Waals surface area contributed by atoms with E-state index in [1.807, 2.05) is 73.7 Å². The minimum Gasteiger partial charge on any atom is -0.490 e. The highest BCUT2D eigenvalue weighted by Crippen LogP contribution is 2.32. The van der Waals surface area contributed by atoms with Gasteiger partial charge in [-0.3, -0.25) is 18.9 Å². The summed E-state index contributed by atoms with van der Waals surface area (Å²) in [4.78, 5) is 33.0. The van der Waals surface area contributed by atoms with Crippen LogP contribution in [0.15, 0.2) is 80.8 Å². The molecule has 9 heteroatoms. The fourth-order valence-corrected chi connectivity index (χ4v) is 5.48. The van der Waals surface area contributed by atoms with Gasteiger partial charge in [0.25, 0.3) is 5.56 Å². The average Bonchev–Trinajstić information content (AvgIpc) is 3.55. The summed E-state index contributed by atoms with van der Waals surface area (Å²) in [6.45, 7) is 6.04. The van der Waals surface area contributed by atoms with Crippen LogP contribution in [0.1, 0.15) is 48.5 Å². The zero-order valence-corrected chi connectivity index (χ0v) is 24.9. The molecule has 210 valence electrons. The van der Waals surface area contributed by atoms with Gasteiger partial charge in [0.2, 0.25) is 0 Å².